The highest BCUT2D eigenvalue weighted by Gasteiger charge is 2.10. The summed E-state index contributed by atoms with van der Waals surface area (Å²) in [4.78, 5) is 11.5. The highest BCUT2D eigenvalue weighted by molar-refractivity contribution is 5.85. The van der Waals surface area contributed by atoms with E-state index >= 15 is 0 Å². The maximum Gasteiger partial charge on any atom is 0.220 e. The van der Waals surface area contributed by atoms with Crippen LogP contribution in [0.15, 0.2) is 18.2 Å². The maximum absolute atomic E-state index is 11.5. The molecule has 0 bridgehead atoms. The van der Waals surface area contributed by atoms with Gasteiger partial charge in [-0.3, -0.25) is 4.79 Å². The first-order valence-corrected chi connectivity index (χ1v) is 5.89. The van der Waals surface area contributed by atoms with Gasteiger partial charge in [-0.15, -0.1) is 12.4 Å². The molecule has 6 heteroatoms. The Morgan fingerprint density at radius 2 is 2.05 bits per heavy atom. The summed E-state index contributed by atoms with van der Waals surface area (Å²) in [6.07, 6.45) is 1.14. The normalized spacial score (nSPS) is 9.42. The van der Waals surface area contributed by atoms with Crippen LogP contribution in [0.4, 0.5) is 0 Å². The number of amides is 1. The Labute approximate surface area is 119 Å². The predicted molar refractivity (Wildman–Crippen MR) is 76.9 cm³/mol. The quantitative estimate of drug-likeness (QED) is 0.797. The minimum absolute atomic E-state index is 0. The van der Waals surface area contributed by atoms with Gasteiger partial charge < -0.3 is 20.5 Å². The summed E-state index contributed by atoms with van der Waals surface area (Å²) in [6, 6.07) is 5.58. The zero-order valence-electron chi connectivity index (χ0n) is 11.3. The van der Waals surface area contributed by atoms with Crippen LogP contribution in [0.1, 0.15) is 18.4 Å². The number of carbonyl (C=O) groups excluding carboxylic acids is 1. The van der Waals surface area contributed by atoms with Crippen molar-refractivity contribution in [1.29, 1.82) is 0 Å². The zero-order chi connectivity index (χ0) is 13.4. The highest BCUT2D eigenvalue weighted by atomic mass is 35.5. The molecule has 3 N–H and O–H groups in total. The van der Waals surface area contributed by atoms with Crippen molar-refractivity contribution in [3.05, 3.63) is 23.8 Å². The highest BCUT2D eigenvalue weighted by Crippen LogP contribution is 2.30. The van der Waals surface area contributed by atoms with E-state index in [0.717, 1.165) is 5.56 Å². The molecule has 1 rings (SSSR count). The van der Waals surface area contributed by atoms with E-state index in [-0.39, 0.29) is 18.3 Å². The summed E-state index contributed by atoms with van der Waals surface area (Å²) in [6.45, 7) is 0.944. The molecular formula is C13H21ClN2O3. The number of benzene rings is 1. The fraction of sp³-hybridized carbons (Fsp3) is 0.462. The first kappa shape index (κ1) is 17.5. The molecule has 108 valence electrons. The number of ether oxygens (including phenoxy) is 2. The Kier molecular flexibility index (Phi) is 8.74. The molecule has 0 fully saturated rings. The lowest BCUT2D eigenvalue weighted by Crippen LogP contribution is -2.23. The second kappa shape index (κ2) is 9.47. The summed E-state index contributed by atoms with van der Waals surface area (Å²) < 4.78 is 10.5. The molecule has 1 amide bonds. The van der Waals surface area contributed by atoms with E-state index in [1.165, 1.54) is 0 Å². The third-order valence-electron chi connectivity index (χ3n) is 2.57. The average Bonchev–Trinajstić information content (AvgIpc) is 2.41. The molecule has 0 spiro atoms. The minimum atomic E-state index is -0.00896. The Balaban J connectivity index is 0.00000324. The van der Waals surface area contributed by atoms with Crippen LogP contribution in [0, 0.1) is 0 Å². The monoisotopic (exact) mass is 288 g/mol. The molecule has 0 radical (unpaired) electrons. The molecule has 1 aromatic rings. The number of halogens is 1. The number of para-hydroxylation sites is 1. The molecule has 0 aliphatic heterocycles. The van der Waals surface area contributed by atoms with Crippen molar-refractivity contribution in [3.63, 3.8) is 0 Å². The number of hydrogen-bond donors (Lipinski definition) is 2. The van der Waals surface area contributed by atoms with Crippen LogP contribution >= 0.6 is 12.4 Å². The summed E-state index contributed by atoms with van der Waals surface area (Å²) >= 11 is 0. The molecule has 1 aromatic carbocycles. The van der Waals surface area contributed by atoms with E-state index in [2.05, 4.69) is 5.32 Å². The summed E-state index contributed by atoms with van der Waals surface area (Å²) in [5, 5.41) is 2.83. The van der Waals surface area contributed by atoms with Crippen molar-refractivity contribution in [1.82, 2.24) is 5.32 Å². The van der Waals surface area contributed by atoms with Gasteiger partial charge in [0.1, 0.15) is 0 Å². The standard InChI is InChI=1S/C13H20N2O3.ClH/c1-17-11-6-3-5-10(13(11)18-2)9-15-12(16)7-4-8-14;/h3,5-6H,4,7-9,14H2,1-2H3,(H,15,16);1H. The summed E-state index contributed by atoms with van der Waals surface area (Å²) in [7, 11) is 3.17. The van der Waals surface area contributed by atoms with E-state index in [1.54, 1.807) is 14.2 Å². The van der Waals surface area contributed by atoms with Gasteiger partial charge in [-0.05, 0) is 19.0 Å². The van der Waals surface area contributed by atoms with Crippen LogP contribution in [-0.2, 0) is 11.3 Å². The van der Waals surface area contributed by atoms with Crippen molar-refractivity contribution < 1.29 is 14.3 Å². The Bertz CT molecular complexity index is 399. The third-order valence-corrected chi connectivity index (χ3v) is 2.57. The number of methoxy groups -OCH3 is 2. The van der Waals surface area contributed by atoms with E-state index in [1.807, 2.05) is 18.2 Å². The van der Waals surface area contributed by atoms with E-state index in [4.69, 9.17) is 15.2 Å². The maximum atomic E-state index is 11.5. The van der Waals surface area contributed by atoms with Gasteiger partial charge in [0.25, 0.3) is 0 Å². The molecular weight excluding hydrogens is 268 g/mol. The molecule has 0 aliphatic carbocycles. The van der Waals surface area contributed by atoms with E-state index in [9.17, 15) is 4.79 Å². The number of nitrogens with two attached hydrogens (primary N) is 1. The molecule has 0 saturated heterocycles. The fourth-order valence-corrected chi connectivity index (χ4v) is 1.64. The van der Waals surface area contributed by atoms with E-state index < -0.39 is 0 Å². The van der Waals surface area contributed by atoms with Gasteiger partial charge in [0.15, 0.2) is 11.5 Å². The lowest BCUT2D eigenvalue weighted by molar-refractivity contribution is -0.121. The minimum Gasteiger partial charge on any atom is -0.493 e. The largest absolute Gasteiger partial charge is 0.493 e. The SMILES string of the molecule is COc1cccc(CNC(=O)CCCN)c1OC.Cl. The summed E-state index contributed by atoms with van der Waals surface area (Å²) in [5.74, 6) is 1.30. The van der Waals surface area contributed by atoms with Crippen LogP contribution in [-0.4, -0.2) is 26.7 Å². The second-order valence-corrected chi connectivity index (χ2v) is 3.82. The van der Waals surface area contributed by atoms with Crippen molar-refractivity contribution in [3.8, 4) is 11.5 Å². The van der Waals surface area contributed by atoms with Gasteiger partial charge in [-0.2, -0.15) is 0 Å². The summed E-state index contributed by atoms with van der Waals surface area (Å²) in [5.41, 5.74) is 6.24. The molecule has 0 aliphatic rings. The molecule has 0 atom stereocenters. The van der Waals surface area contributed by atoms with Gasteiger partial charge in [0.2, 0.25) is 5.91 Å². The molecule has 0 heterocycles. The molecule has 0 saturated carbocycles. The Hall–Kier alpha value is -1.46. The van der Waals surface area contributed by atoms with Crippen molar-refractivity contribution >= 4 is 18.3 Å². The first-order chi connectivity index (χ1) is 8.72. The molecule has 0 unspecified atom stereocenters. The zero-order valence-corrected chi connectivity index (χ0v) is 12.1. The Morgan fingerprint density at radius 1 is 1.32 bits per heavy atom. The van der Waals surface area contributed by atoms with Crippen molar-refractivity contribution in [2.75, 3.05) is 20.8 Å². The fourth-order valence-electron chi connectivity index (χ4n) is 1.64. The van der Waals surface area contributed by atoms with Gasteiger partial charge in [-0.1, -0.05) is 12.1 Å². The second-order valence-electron chi connectivity index (χ2n) is 3.82. The number of hydrogen-bond acceptors (Lipinski definition) is 4. The van der Waals surface area contributed by atoms with Crippen LogP contribution < -0.4 is 20.5 Å². The smallest absolute Gasteiger partial charge is 0.220 e. The van der Waals surface area contributed by atoms with Gasteiger partial charge in [-0.25, -0.2) is 0 Å². The van der Waals surface area contributed by atoms with Gasteiger partial charge in [0.05, 0.1) is 14.2 Å². The third kappa shape index (κ3) is 5.36. The first-order valence-electron chi connectivity index (χ1n) is 5.89. The predicted octanol–water partition coefficient (Wildman–Crippen LogP) is 1.48. The number of nitrogens with one attached hydrogen (secondary N) is 1. The van der Waals surface area contributed by atoms with Gasteiger partial charge in [0, 0.05) is 18.5 Å². The van der Waals surface area contributed by atoms with Crippen LogP contribution in [0.2, 0.25) is 0 Å². The topological polar surface area (TPSA) is 73.6 Å². The van der Waals surface area contributed by atoms with Crippen LogP contribution in [0.25, 0.3) is 0 Å². The van der Waals surface area contributed by atoms with Crippen LogP contribution in [0.3, 0.4) is 0 Å². The van der Waals surface area contributed by atoms with Crippen LogP contribution in [0.5, 0.6) is 11.5 Å². The molecule has 0 aromatic heterocycles. The van der Waals surface area contributed by atoms with Crippen molar-refractivity contribution in [2.45, 2.75) is 19.4 Å². The Morgan fingerprint density at radius 3 is 2.63 bits per heavy atom. The number of carbonyl (C=O) groups is 1. The molecule has 19 heavy (non-hydrogen) atoms. The average molecular weight is 289 g/mol. The lowest BCUT2D eigenvalue weighted by Gasteiger charge is -2.13. The van der Waals surface area contributed by atoms with E-state index in [0.29, 0.717) is 37.4 Å². The molecule has 5 nitrogen and oxygen atoms in total. The number of rotatable bonds is 7. The van der Waals surface area contributed by atoms with Crippen molar-refractivity contribution in [2.24, 2.45) is 5.73 Å². The lowest BCUT2D eigenvalue weighted by atomic mass is 10.1. The van der Waals surface area contributed by atoms with Gasteiger partial charge >= 0.3 is 0 Å².